The van der Waals surface area contributed by atoms with E-state index in [0.29, 0.717) is 29.8 Å². The maximum Gasteiger partial charge on any atom is 0.261 e. The molecule has 0 bridgehead atoms. The van der Waals surface area contributed by atoms with Crippen LogP contribution in [0.3, 0.4) is 0 Å². The normalized spacial score (nSPS) is 11.9. The second kappa shape index (κ2) is 11.2. The molecule has 6 heteroatoms. The van der Waals surface area contributed by atoms with E-state index in [-0.39, 0.29) is 18.4 Å². The van der Waals surface area contributed by atoms with Gasteiger partial charge in [-0.2, -0.15) is 0 Å². The van der Waals surface area contributed by atoms with E-state index >= 15 is 0 Å². The van der Waals surface area contributed by atoms with Gasteiger partial charge in [0.1, 0.15) is 11.8 Å². The summed E-state index contributed by atoms with van der Waals surface area (Å²) in [6.45, 7) is 12.4. The Bertz CT molecular complexity index is 886. The summed E-state index contributed by atoms with van der Waals surface area (Å²) in [5.41, 5.74) is 3.88. The summed E-state index contributed by atoms with van der Waals surface area (Å²) in [5, 5.41) is 3.61. The molecule has 0 aliphatic carbocycles. The topological polar surface area (TPSA) is 58.6 Å². The van der Waals surface area contributed by atoms with E-state index in [9.17, 15) is 9.59 Å². The number of rotatable bonds is 9. The van der Waals surface area contributed by atoms with Gasteiger partial charge in [-0.25, -0.2) is 0 Å². The van der Waals surface area contributed by atoms with Crippen molar-refractivity contribution in [1.29, 1.82) is 0 Å². The lowest BCUT2D eigenvalue weighted by Gasteiger charge is -2.29. The van der Waals surface area contributed by atoms with Crippen molar-refractivity contribution in [1.82, 2.24) is 10.2 Å². The number of nitrogens with zero attached hydrogens (tertiary/aromatic N) is 1. The molecule has 0 unspecified atom stereocenters. The minimum absolute atomic E-state index is 0.159. The van der Waals surface area contributed by atoms with E-state index in [0.717, 1.165) is 22.3 Å². The van der Waals surface area contributed by atoms with Crippen LogP contribution in [-0.4, -0.2) is 35.9 Å². The molecule has 168 valence electrons. The summed E-state index contributed by atoms with van der Waals surface area (Å²) in [4.78, 5) is 27.3. The van der Waals surface area contributed by atoms with Crippen LogP contribution < -0.4 is 10.1 Å². The van der Waals surface area contributed by atoms with Crippen molar-refractivity contribution in [3.05, 3.63) is 63.7 Å². The average molecular weight is 445 g/mol. The number of hydrogen-bond donors (Lipinski definition) is 1. The van der Waals surface area contributed by atoms with Gasteiger partial charge in [0.25, 0.3) is 5.91 Å². The highest BCUT2D eigenvalue weighted by atomic mass is 35.5. The zero-order valence-electron chi connectivity index (χ0n) is 19.3. The van der Waals surface area contributed by atoms with Gasteiger partial charge in [-0.3, -0.25) is 9.59 Å². The van der Waals surface area contributed by atoms with Crippen LogP contribution in [0.2, 0.25) is 5.02 Å². The third-order valence-corrected chi connectivity index (χ3v) is 5.69. The molecule has 2 rings (SSSR count). The van der Waals surface area contributed by atoms with E-state index in [1.165, 1.54) is 0 Å². The van der Waals surface area contributed by atoms with Crippen molar-refractivity contribution in [2.45, 2.75) is 54.1 Å². The Kier molecular flexibility index (Phi) is 8.93. The van der Waals surface area contributed by atoms with Gasteiger partial charge in [0.15, 0.2) is 6.61 Å². The fraction of sp³-hybridized carbons (Fsp3) is 0.440. The Balaban J connectivity index is 2.16. The highest BCUT2D eigenvalue weighted by Crippen LogP contribution is 2.26. The molecule has 0 radical (unpaired) electrons. The molecular weight excluding hydrogens is 412 g/mol. The molecule has 1 N–H and O–H groups in total. The number of carbonyl (C=O) groups is 2. The molecule has 0 heterocycles. The van der Waals surface area contributed by atoms with Crippen LogP contribution in [0.15, 0.2) is 36.4 Å². The van der Waals surface area contributed by atoms with E-state index in [4.69, 9.17) is 16.3 Å². The van der Waals surface area contributed by atoms with E-state index in [2.05, 4.69) is 5.32 Å². The van der Waals surface area contributed by atoms with Gasteiger partial charge in [-0.15, -0.1) is 0 Å². The van der Waals surface area contributed by atoms with E-state index in [1.807, 2.05) is 71.0 Å². The smallest absolute Gasteiger partial charge is 0.261 e. The van der Waals surface area contributed by atoms with Gasteiger partial charge in [0.2, 0.25) is 5.91 Å². The monoisotopic (exact) mass is 444 g/mol. The SMILES string of the molecule is Cc1ccc(CN(C(=O)COc2cc(C)c(Cl)c(C)c2)[C@H](C)C(=O)NCC(C)C)cc1. The number of aryl methyl sites for hydroxylation is 3. The molecule has 0 aliphatic rings. The van der Waals surface area contributed by atoms with E-state index < -0.39 is 6.04 Å². The number of hydrogen-bond acceptors (Lipinski definition) is 3. The van der Waals surface area contributed by atoms with Gasteiger partial charge >= 0.3 is 0 Å². The summed E-state index contributed by atoms with van der Waals surface area (Å²) in [7, 11) is 0. The molecule has 31 heavy (non-hydrogen) atoms. The summed E-state index contributed by atoms with van der Waals surface area (Å²) in [6, 6.07) is 10.9. The van der Waals surface area contributed by atoms with Gasteiger partial charge in [-0.05, 0) is 62.4 Å². The lowest BCUT2D eigenvalue weighted by Crippen LogP contribution is -2.49. The first-order valence-corrected chi connectivity index (χ1v) is 11.0. The number of carbonyl (C=O) groups excluding carboxylic acids is 2. The van der Waals surface area contributed by atoms with Gasteiger partial charge in [0.05, 0.1) is 0 Å². The summed E-state index contributed by atoms with van der Waals surface area (Å²) in [5.74, 6) is 0.488. The predicted molar refractivity (Wildman–Crippen MR) is 125 cm³/mol. The molecule has 2 aromatic carbocycles. The number of halogens is 1. The zero-order chi connectivity index (χ0) is 23.1. The van der Waals surface area contributed by atoms with Crippen LogP contribution in [0.5, 0.6) is 5.75 Å². The van der Waals surface area contributed by atoms with Crippen molar-refractivity contribution in [3.8, 4) is 5.75 Å². The first kappa shape index (κ1) is 24.7. The Hall–Kier alpha value is -2.53. The van der Waals surface area contributed by atoms with Gasteiger partial charge in [0, 0.05) is 18.1 Å². The van der Waals surface area contributed by atoms with Crippen molar-refractivity contribution < 1.29 is 14.3 Å². The molecule has 5 nitrogen and oxygen atoms in total. The van der Waals surface area contributed by atoms with Crippen LogP contribution in [0.4, 0.5) is 0 Å². The first-order valence-electron chi connectivity index (χ1n) is 10.6. The maximum atomic E-state index is 13.1. The fourth-order valence-electron chi connectivity index (χ4n) is 3.14. The molecule has 1 atom stereocenters. The minimum Gasteiger partial charge on any atom is -0.484 e. The average Bonchev–Trinajstić information content (AvgIpc) is 2.73. The summed E-state index contributed by atoms with van der Waals surface area (Å²) < 4.78 is 5.77. The second-order valence-electron chi connectivity index (χ2n) is 8.48. The number of ether oxygens (including phenoxy) is 1. The largest absolute Gasteiger partial charge is 0.484 e. The maximum absolute atomic E-state index is 13.1. The molecule has 0 saturated carbocycles. The number of nitrogens with one attached hydrogen (secondary N) is 1. The fourth-order valence-corrected chi connectivity index (χ4v) is 3.25. The van der Waals surface area contributed by atoms with Crippen LogP contribution in [0.25, 0.3) is 0 Å². The van der Waals surface area contributed by atoms with E-state index in [1.54, 1.807) is 11.8 Å². The Morgan fingerprint density at radius 3 is 2.16 bits per heavy atom. The van der Waals surface area contributed by atoms with Crippen molar-refractivity contribution in [3.63, 3.8) is 0 Å². The summed E-state index contributed by atoms with van der Waals surface area (Å²) >= 11 is 6.22. The number of benzene rings is 2. The lowest BCUT2D eigenvalue weighted by molar-refractivity contribution is -0.142. The highest BCUT2D eigenvalue weighted by molar-refractivity contribution is 6.32. The Labute approximate surface area is 190 Å². The molecule has 0 fully saturated rings. The predicted octanol–water partition coefficient (Wildman–Crippen LogP) is 4.83. The third kappa shape index (κ3) is 7.28. The second-order valence-corrected chi connectivity index (χ2v) is 8.86. The molecule has 0 spiro atoms. The van der Waals surface area contributed by atoms with Crippen molar-refractivity contribution >= 4 is 23.4 Å². The first-order chi connectivity index (χ1) is 14.6. The van der Waals surface area contributed by atoms with Crippen LogP contribution in [0, 0.1) is 26.7 Å². The van der Waals surface area contributed by atoms with Crippen LogP contribution in [0.1, 0.15) is 43.0 Å². The van der Waals surface area contributed by atoms with Crippen LogP contribution >= 0.6 is 11.6 Å². The number of amides is 2. The van der Waals surface area contributed by atoms with Crippen molar-refractivity contribution in [2.24, 2.45) is 5.92 Å². The molecule has 2 aromatic rings. The molecule has 2 amide bonds. The Morgan fingerprint density at radius 2 is 1.61 bits per heavy atom. The van der Waals surface area contributed by atoms with Crippen molar-refractivity contribution in [2.75, 3.05) is 13.2 Å². The lowest BCUT2D eigenvalue weighted by atomic mass is 10.1. The third-order valence-electron chi connectivity index (χ3n) is 5.10. The molecular formula is C25H33ClN2O3. The van der Waals surface area contributed by atoms with Gasteiger partial charge in [-0.1, -0.05) is 55.3 Å². The minimum atomic E-state index is -0.621. The summed E-state index contributed by atoms with van der Waals surface area (Å²) in [6.07, 6.45) is 0. The Morgan fingerprint density at radius 1 is 1.03 bits per heavy atom. The zero-order valence-corrected chi connectivity index (χ0v) is 20.0. The van der Waals surface area contributed by atoms with Gasteiger partial charge < -0.3 is 15.0 Å². The standard InChI is InChI=1S/C25H33ClN2O3/c1-16(2)13-27-25(30)20(6)28(14-21-9-7-17(3)8-10-21)23(29)15-31-22-11-18(4)24(26)19(5)12-22/h7-12,16,20H,13-15H2,1-6H3,(H,27,30)/t20-/m1/s1. The molecule has 0 aromatic heterocycles. The quantitative estimate of drug-likeness (QED) is 0.602. The highest BCUT2D eigenvalue weighted by Gasteiger charge is 2.26. The molecule has 0 aliphatic heterocycles. The molecule has 0 saturated heterocycles. The van der Waals surface area contributed by atoms with Crippen LogP contribution in [-0.2, 0) is 16.1 Å².